The van der Waals surface area contributed by atoms with Gasteiger partial charge in [-0.1, -0.05) is 12.1 Å². The second kappa shape index (κ2) is 8.13. The van der Waals surface area contributed by atoms with Crippen LogP contribution in [0.4, 0.5) is 5.69 Å². The Morgan fingerprint density at radius 1 is 1.03 bits per heavy atom. The highest BCUT2D eigenvalue weighted by atomic mass is 16.5. The molecule has 0 radical (unpaired) electrons. The zero-order chi connectivity index (χ0) is 20.4. The van der Waals surface area contributed by atoms with Crippen molar-refractivity contribution in [1.82, 2.24) is 4.90 Å². The van der Waals surface area contributed by atoms with E-state index in [1.807, 2.05) is 36.4 Å². The van der Waals surface area contributed by atoms with Crippen molar-refractivity contribution in [3.63, 3.8) is 0 Å². The number of aromatic hydroxyl groups is 1. The van der Waals surface area contributed by atoms with E-state index < -0.39 is 0 Å². The van der Waals surface area contributed by atoms with Crippen LogP contribution in [0.15, 0.2) is 48.5 Å². The van der Waals surface area contributed by atoms with E-state index in [0.29, 0.717) is 6.54 Å². The Kier molecular flexibility index (Phi) is 5.40. The van der Waals surface area contributed by atoms with Crippen molar-refractivity contribution >= 4 is 17.5 Å². The minimum absolute atomic E-state index is 0.0705. The predicted octanol–water partition coefficient (Wildman–Crippen LogP) is 0.433. The fraction of sp³-hybridized carbons (Fsp3) is 0.364. The predicted molar refractivity (Wildman–Crippen MR) is 108 cm³/mol. The molecule has 2 N–H and O–H groups in total. The van der Waals surface area contributed by atoms with E-state index in [9.17, 15) is 14.7 Å². The van der Waals surface area contributed by atoms with Gasteiger partial charge in [0.2, 0.25) is 5.91 Å². The number of anilines is 1. The number of nitrogens with zero attached hydrogens (tertiary/aromatic N) is 2. The lowest BCUT2D eigenvalue weighted by Gasteiger charge is -2.35. The third kappa shape index (κ3) is 4.05. The summed E-state index contributed by atoms with van der Waals surface area (Å²) in [6.45, 7) is 3.56. The number of hydrogen-bond acceptors (Lipinski definition) is 5. The van der Waals surface area contributed by atoms with Gasteiger partial charge in [-0.05, 0) is 42.0 Å². The minimum Gasteiger partial charge on any atom is -0.508 e. The normalized spacial score (nSPS) is 20.4. The molecule has 0 aliphatic carbocycles. The molecule has 2 fully saturated rings. The number of piperazine rings is 1. The molecule has 0 bridgehead atoms. The zero-order valence-electron chi connectivity index (χ0n) is 16.5. The van der Waals surface area contributed by atoms with Crippen LogP contribution in [0.1, 0.15) is 12.0 Å². The number of methoxy groups -OCH3 is 1. The quantitative estimate of drug-likeness (QED) is 0.718. The van der Waals surface area contributed by atoms with Crippen molar-refractivity contribution in [1.29, 1.82) is 0 Å². The molecule has 2 aliphatic rings. The number of amides is 2. The molecular weight excluding hydrogens is 370 g/mol. The number of phenolic OH excluding ortho intramolecular Hbond substituents is 1. The van der Waals surface area contributed by atoms with Crippen LogP contribution in [0.3, 0.4) is 0 Å². The number of quaternary nitrogens is 1. The number of carbonyl (C=O) groups is 2. The lowest BCUT2D eigenvalue weighted by molar-refractivity contribution is -0.915. The lowest BCUT2D eigenvalue weighted by Crippen LogP contribution is -3.19. The highest BCUT2D eigenvalue weighted by Crippen LogP contribution is 2.20. The summed E-state index contributed by atoms with van der Waals surface area (Å²) < 4.78 is 5.16. The summed E-state index contributed by atoms with van der Waals surface area (Å²) in [5, 5.41) is 9.45. The molecular formula is C22H26N3O4+. The summed E-state index contributed by atoms with van der Waals surface area (Å²) in [4.78, 5) is 30.3. The fourth-order valence-electron chi connectivity index (χ4n) is 4.15. The largest absolute Gasteiger partial charge is 0.508 e. The van der Waals surface area contributed by atoms with Crippen molar-refractivity contribution in [2.75, 3.05) is 38.2 Å². The molecule has 2 aromatic carbocycles. The average molecular weight is 396 g/mol. The third-order valence-electron chi connectivity index (χ3n) is 5.86. The second-order valence-corrected chi connectivity index (χ2v) is 7.58. The van der Waals surface area contributed by atoms with Crippen molar-refractivity contribution in [2.24, 2.45) is 0 Å². The molecule has 7 nitrogen and oxygen atoms in total. The summed E-state index contributed by atoms with van der Waals surface area (Å²) in [6, 6.07) is 14.3. The second-order valence-electron chi connectivity index (χ2n) is 7.58. The van der Waals surface area contributed by atoms with Gasteiger partial charge in [0.1, 0.15) is 11.5 Å². The Morgan fingerprint density at radius 3 is 2.31 bits per heavy atom. The van der Waals surface area contributed by atoms with Gasteiger partial charge in [0, 0.05) is 5.69 Å². The van der Waals surface area contributed by atoms with E-state index in [1.54, 1.807) is 19.2 Å². The smallest absolute Gasteiger partial charge is 0.288 e. The van der Waals surface area contributed by atoms with E-state index >= 15 is 0 Å². The van der Waals surface area contributed by atoms with Crippen LogP contribution in [0.25, 0.3) is 0 Å². The first-order chi connectivity index (χ1) is 14.0. The molecule has 2 aromatic rings. The van der Waals surface area contributed by atoms with Gasteiger partial charge in [-0.2, -0.15) is 0 Å². The minimum atomic E-state index is -0.289. The Bertz CT molecular complexity index is 874. The van der Waals surface area contributed by atoms with Gasteiger partial charge < -0.3 is 19.6 Å². The number of benzene rings is 2. The maximum absolute atomic E-state index is 12.9. The molecule has 2 aliphatic heterocycles. The van der Waals surface area contributed by atoms with Gasteiger partial charge in [-0.3, -0.25) is 14.5 Å². The summed E-state index contributed by atoms with van der Waals surface area (Å²) >= 11 is 0. The molecule has 7 heteroatoms. The van der Waals surface area contributed by atoms with Crippen molar-refractivity contribution < 1.29 is 24.3 Å². The molecule has 2 saturated heterocycles. The Balaban J connectivity index is 1.36. The van der Waals surface area contributed by atoms with Gasteiger partial charge in [0.05, 0.1) is 46.3 Å². The van der Waals surface area contributed by atoms with Gasteiger partial charge in [0.25, 0.3) is 5.91 Å². The molecule has 4 rings (SSSR count). The van der Waals surface area contributed by atoms with Crippen LogP contribution in [-0.4, -0.2) is 61.2 Å². The van der Waals surface area contributed by atoms with Gasteiger partial charge in [-0.15, -0.1) is 0 Å². The maximum Gasteiger partial charge on any atom is 0.288 e. The van der Waals surface area contributed by atoms with Crippen LogP contribution in [0.5, 0.6) is 11.5 Å². The lowest BCUT2D eigenvalue weighted by atomic mass is 10.1. The first-order valence-corrected chi connectivity index (χ1v) is 9.91. The van der Waals surface area contributed by atoms with Crippen molar-refractivity contribution in [3.05, 3.63) is 54.1 Å². The Morgan fingerprint density at radius 2 is 1.69 bits per heavy atom. The van der Waals surface area contributed by atoms with Crippen LogP contribution in [0.2, 0.25) is 0 Å². The number of ether oxygens (including phenoxy) is 1. The van der Waals surface area contributed by atoms with E-state index in [4.69, 9.17) is 4.74 Å². The van der Waals surface area contributed by atoms with E-state index in [2.05, 4.69) is 4.90 Å². The highest BCUT2D eigenvalue weighted by molar-refractivity contribution is 6.04. The molecule has 2 amide bonds. The number of rotatable bonds is 5. The molecule has 29 heavy (non-hydrogen) atoms. The zero-order valence-corrected chi connectivity index (χ0v) is 16.5. The number of phenols is 1. The first kappa shape index (κ1) is 19.3. The average Bonchev–Trinajstić information content (AvgIpc) is 3.03. The van der Waals surface area contributed by atoms with Crippen molar-refractivity contribution in [3.8, 4) is 11.5 Å². The number of hydrogen-bond donors (Lipinski definition) is 2. The van der Waals surface area contributed by atoms with Gasteiger partial charge in [0.15, 0.2) is 6.04 Å². The Hall–Kier alpha value is -3.06. The summed E-state index contributed by atoms with van der Waals surface area (Å²) in [5.74, 6) is 0.842. The number of imide groups is 1. The van der Waals surface area contributed by atoms with Crippen LogP contribution in [-0.2, 0) is 16.1 Å². The van der Waals surface area contributed by atoms with Crippen molar-refractivity contribution in [2.45, 2.75) is 19.0 Å². The number of nitrogens with one attached hydrogen (secondary N) is 1. The maximum atomic E-state index is 12.9. The molecule has 152 valence electrons. The van der Waals surface area contributed by atoms with E-state index in [1.165, 1.54) is 9.80 Å². The number of likely N-dealkylation sites (tertiary alicyclic amines) is 1. The molecule has 2 heterocycles. The summed E-state index contributed by atoms with van der Waals surface area (Å²) in [5.41, 5.74) is 1.98. The molecule has 0 unspecified atom stereocenters. The molecule has 0 spiro atoms. The Labute approximate surface area is 170 Å². The van der Waals surface area contributed by atoms with Crippen LogP contribution in [0, 0.1) is 0 Å². The standard InChI is InChI=1S/C22H25N3O4/c1-29-19-8-2-16(3-9-19)15-25-21(27)14-20(22(25)28)24-12-10-23(11-13-24)17-4-6-18(26)7-5-17/h2-9,20,26H,10-15H2,1H3/p+1/t20-/m0/s1. The summed E-state index contributed by atoms with van der Waals surface area (Å²) in [6.07, 6.45) is 0.281. The SMILES string of the molecule is COc1ccc(CN2C(=O)C[C@H]([NH+]3CCN(c4ccc(O)cc4)CC3)C2=O)cc1. The van der Waals surface area contributed by atoms with Gasteiger partial charge >= 0.3 is 0 Å². The monoisotopic (exact) mass is 396 g/mol. The molecule has 1 atom stereocenters. The summed E-state index contributed by atoms with van der Waals surface area (Å²) in [7, 11) is 1.61. The highest BCUT2D eigenvalue weighted by Gasteiger charge is 2.45. The van der Waals surface area contributed by atoms with Gasteiger partial charge in [-0.25, -0.2) is 0 Å². The number of carbonyl (C=O) groups excluding carboxylic acids is 2. The van der Waals surface area contributed by atoms with Crippen LogP contribution >= 0.6 is 0 Å². The van der Waals surface area contributed by atoms with E-state index in [-0.39, 0.29) is 30.0 Å². The molecule has 0 saturated carbocycles. The fourth-order valence-corrected chi connectivity index (χ4v) is 4.15. The third-order valence-corrected chi connectivity index (χ3v) is 5.86. The first-order valence-electron chi connectivity index (χ1n) is 9.91. The topological polar surface area (TPSA) is 74.5 Å². The van der Waals surface area contributed by atoms with Crippen LogP contribution < -0.4 is 14.5 Å². The molecule has 0 aromatic heterocycles. The van der Waals surface area contributed by atoms with E-state index in [0.717, 1.165) is 43.2 Å².